The third-order valence-electron chi connectivity index (χ3n) is 2.19. The minimum absolute atomic E-state index is 0. The van der Waals surface area contributed by atoms with E-state index in [1.54, 1.807) is 0 Å². The van der Waals surface area contributed by atoms with Gasteiger partial charge in [-0.05, 0) is 18.8 Å². The highest BCUT2D eigenvalue weighted by molar-refractivity contribution is 5.85. The van der Waals surface area contributed by atoms with Crippen molar-refractivity contribution >= 4 is 18.4 Å². The SMILES string of the molecule is Cl.O=C(O)CC1CCCCC1. The topological polar surface area (TPSA) is 37.3 Å². The minimum atomic E-state index is -0.632. The van der Waals surface area contributed by atoms with Gasteiger partial charge in [0.25, 0.3) is 0 Å². The number of hydrogen-bond donors (Lipinski definition) is 1. The lowest BCUT2D eigenvalue weighted by molar-refractivity contribution is -0.138. The van der Waals surface area contributed by atoms with E-state index in [1.165, 1.54) is 19.3 Å². The zero-order valence-corrected chi connectivity index (χ0v) is 7.40. The molecular formula is C8H15ClO2. The average Bonchev–Trinajstić information content (AvgIpc) is 1.88. The van der Waals surface area contributed by atoms with Gasteiger partial charge in [-0.2, -0.15) is 0 Å². The number of carboxylic acid groups (broad SMARTS) is 1. The number of hydrogen-bond acceptors (Lipinski definition) is 1. The first kappa shape index (κ1) is 10.8. The molecule has 1 N–H and O–H groups in total. The lowest BCUT2D eigenvalue weighted by Gasteiger charge is -2.18. The van der Waals surface area contributed by atoms with Gasteiger partial charge in [-0.3, -0.25) is 4.79 Å². The third-order valence-corrected chi connectivity index (χ3v) is 2.19. The Labute approximate surface area is 73.4 Å². The summed E-state index contributed by atoms with van der Waals surface area (Å²) in [6, 6.07) is 0. The summed E-state index contributed by atoms with van der Waals surface area (Å²) in [6.45, 7) is 0. The van der Waals surface area contributed by atoms with Crippen LogP contribution in [0.15, 0.2) is 0 Å². The summed E-state index contributed by atoms with van der Waals surface area (Å²) in [5, 5.41) is 8.47. The molecule has 0 bridgehead atoms. The highest BCUT2D eigenvalue weighted by atomic mass is 35.5. The van der Waals surface area contributed by atoms with Crippen molar-refractivity contribution in [3.05, 3.63) is 0 Å². The van der Waals surface area contributed by atoms with Gasteiger partial charge in [0.05, 0.1) is 0 Å². The highest BCUT2D eigenvalue weighted by Gasteiger charge is 2.15. The Morgan fingerprint density at radius 3 is 2.27 bits per heavy atom. The zero-order chi connectivity index (χ0) is 7.40. The molecule has 0 aromatic heterocycles. The van der Waals surface area contributed by atoms with E-state index < -0.39 is 5.97 Å². The van der Waals surface area contributed by atoms with Crippen molar-refractivity contribution in [3.8, 4) is 0 Å². The van der Waals surface area contributed by atoms with E-state index in [0.717, 1.165) is 12.8 Å². The summed E-state index contributed by atoms with van der Waals surface area (Å²) < 4.78 is 0. The van der Waals surface area contributed by atoms with Gasteiger partial charge in [-0.15, -0.1) is 12.4 Å². The van der Waals surface area contributed by atoms with Crippen LogP contribution in [0, 0.1) is 5.92 Å². The lowest BCUT2D eigenvalue weighted by atomic mass is 9.87. The molecule has 0 amide bonds. The smallest absolute Gasteiger partial charge is 0.303 e. The minimum Gasteiger partial charge on any atom is -0.481 e. The molecule has 66 valence electrons. The second kappa shape index (κ2) is 5.42. The average molecular weight is 179 g/mol. The van der Waals surface area contributed by atoms with Crippen LogP contribution in [-0.4, -0.2) is 11.1 Å². The molecule has 11 heavy (non-hydrogen) atoms. The number of rotatable bonds is 2. The molecule has 3 heteroatoms. The predicted octanol–water partition coefficient (Wildman–Crippen LogP) is 2.46. The first-order valence-electron chi connectivity index (χ1n) is 4.01. The van der Waals surface area contributed by atoms with Gasteiger partial charge in [-0.1, -0.05) is 19.3 Å². The predicted molar refractivity (Wildman–Crippen MR) is 46.1 cm³/mol. The summed E-state index contributed by atoms with van der Waals surface area (Å²) in [6.07, 6.45) is 6.42. The maximum absolute atomic E-state index is 10.3. The van der Waals surface area contributed by atoms with Crippen LogP contribution in [0.1, 0.15) is 38.5 Å². The van der Waals surface area contributed by atoms with E-state index in [4.69, 9.17) is 5.11 Å². The maximum atomic E-state index is 10.3. The second-order valence-electron chi connectivity index (χ2n) is 3.10. The van der Waals surface area contributed by atoms with Crippen LogP contribution in [0.25, 0.3) is 0 Å². The number of halogens is 1. The summed E-state index contributed by atoms with van der Waals surface area (Å²) in [4.78, 5) is 10.3. The number of aliphatic carboxylic acids is 1. The lowest BCUT2D eigenvalue weighted by Crippen LogP contribution is -2.10. The van der Waals surface area contributed by atoms with Crippen molar-refractivity contribution in [1.29, 1.82) is 0 Å². The fourth-order valence-electron chi connectivity index (χ4n) is 1.64. The molecule has 0 radical (unpaired) electrons. The van der Waals surface area contributed by atoms with Crippen LogP contribution in [-0.2, 0) is 4.79 Å². The van der Waals surface area contributed by atoms with Gasteiger partial charge >= 0.3 is 5.97 Å². The molecule has 0 aliphatic heterocycles. The highest BCUT2D eigenvalue weighted by Crippen LogP contribution is 2.25. The first-order valence-corrected chi connectivity index (χ1v) is 4.01. The Hall–Kier alpha value is -0.240. The van der Waals surface area contributed by atoms with Crippen LogP contribution in [0.2, 0.25) is 0 Å². The standard InChI is InChI=1S/C8H14O2.ClH/c9-8(10)6-7-4-2-1-3-5-7;/h7H,1-6H2,(H,9,10);1H. The molecule has 1 fully saturated rings. The maximum Gasteiger partial charge on any atom is 0.303 e. The van der Waals surface area contributed by atoms with Crippen LogP contribution in [0.3, 0.4) is 0 Å². The Balaban J connectivity index is 0.000001000. The van der Waals surface area contributed by atoms with Gasteiger partial charge in [0.2, 0.25) is 0 Å². The van der Waals surface area contributed by atoms with E-state index in [2.05, 4.69) is 0 Å². The van der Waals surface area contributed by atoms with Crippen molar-refractivity contribution in [3.63, 3.8) is 0 Å². The number of carbonyl (C=O) groups is 1. The molecule has 1 rings (SSSR count). The Morgan fingerprint density at radius 1 is 1.27 bits per heavy atom. The monoisotopic (exact) mass is 178 g/mol. The van der Waals surface area contributed by atoms with Crippen molar-refractivity contribution in [2.24, 2.45) is 5.92 Å². The largest absolute Gasteiger partial charge is 0.481 e. The quantitative estimate of drug-likeness (QED) is 0.706. The molecule has 0 heterocycles. The molecule has 0 aromatic carbocycles. The van der Waals surface area contributed by atoms with Gasteiger partial charge in [0.1, 0.15) is 0 Å². The van der Waals surface area contributed by atoms with Gasteiger partial charge < -0.3 is 5.11 Å². The molecule has 0 aromatic rings. The molecule has 0 unspecified atom stereocenters. The van der Waals surface area contributed by atoms with Crippen LogP contribution >= 0.6 is 12.4 Å². The summed E-state index contributed by atoms with van der Waals surface area (Å²) in [7, 11) is 0. The zero-order valence-electron chi connectivity index (χ0n) is 6.58. The Bertz CT molecular complexity index is 119. The van der Waals surface area contributed by atoms with Crippen molar-refractivity contribution in [2.45, 2.75) is 38.5 Å². The molecular weight excluding hydrogens is 164 g/mol. The fraction of sp³-hybridized carbons (Fsp3) is 0.875. The van der Waals surface area contributed by atoms with Gasteiger partial charge in [0, 0.05) is 6.42 Å². The van der Waals surface area contributed by atoms with Crippen molar-refractivity contribution < 1.29 is 9.90 Å². The number of carboxylic acids is 1. The molecule has 2 nitrogen and oxygen atoms in total. The van der Waals surface area contributed by atoms with Crippen LogP contribution in [0.4, 0.5) is 0 Å². The van der Waals surface area contributed by atoms with E-state index >= 15 is 0 Å². The van der Waals surface area contributed by atoms with Crippen molar-refractivity contribution in [1.82, 2.24) is 0 Å². The third kappa shape index (κ3) is 4.25. The molecule has 0 atom stereocenters. The Kier molecular flexibility index (Phi) is 5.30. The van der Waals surface area contributed by atoms with Crippen molar-refractivity contribution in [2.75, 3.05) is 0 Å². The summed E-state index contributed by atoms with van der Waals surface area (Å²) in [5.41, 5.74) is 0. The van der Waals surface area contributed by atoms with Crippen LogP contribution in [0.5, 0.6) is 0 Å². The fourth-order valence-corrected chi connectivity index (χ4v) is 1.64. The molecule has 0 saturated heterocycles. The van der Waals surface area contributed by atoms with E-state index in [0.29, 0.717) is 12.3 Å². The van der Waals surface area contributed by atoms with E-state index in [-0.39, 0.29) is 12.4 Å². The van der Waals surface area contributed by atoms with E-state index in [1.807, 2.05) is 0 Å². The second-order valence-corrected chi connectivity index (χ2v) is 3.10. The summed E-state index contributed by atoms with van der Waals surface area (Å²) in [5.74, 6) is -0.154. The van der Waals surface area contributed by atoms with E-state index in [9.17, 15) is 4.79 Å². The Morgan fingerprint density at radius 2 is 1.82 bits per heavy atom. The van der Waals surface area contributed by atoms with Gasteiger partial charge in [-0.25, -0.2) is 0 Å². The molecule has 1 saturated carbocycles. The molecule has 0 spiro atoms. The van der Waals surface area contributed by atoms with Gasteiger partial charge in [0.15, 0.2) is 0 Å². The summed E-state index contributed by atoms with van der Waals surface area (Å²) >= 11 is 0. The van der Waals surface area contributed by atoms with Crippen LogP contribution < -0.4 is 0 Å². The molecule has 1 aliphatic rings. The first-order chi connectivity index (χ1) is 4.79. The normalized spacial score (nSPS) is 18.9. The molecule has 1 aliphatic carbocycles.